The number of nitrogens with zero attached hydrogens (tertiary/aromatic N) is 8. The minimum Gasteiger partial charge on any atom is -0.490 e. The van der Waals surface area contributed by atoms with Crippen LogP contribution in [0.25, 0.3) is 0 Å². The van der Waals surface area contributed by atoms with Crippen molar-refractivity contribution in [2.45, 2.75) is 82.4 Å². The van der Waals surface area contributed by atoms with Gasteiger partial charge >= 0.3 is 0 Å². The van der Waals surface area contributed by atoms with E-state index >= 15 is 0 Å². The molecule has 6 heterocycles. The van der Waals surface area contributed by atoms with Crippen LogP contribution in [-0.4, -0.2) is 119 Å². The Morgan fingerprint density at radius 3 is 2.33 bits per heavy atom. The number of nitrogens with one attached hydrogen (secondary N) is 2. The first-order valence-corrected chi connectivity index (χ1v) is 21.8. The third kappa shape index (κ3) is 8.06. The van der Waals surface area contributed by atoms with Gasteiger partial charge in [-0.1, -0.05) is 0 Å². The van der Waals surface area contributed by atoms with Crippen molar-refractivity contribution in [2.24, 2.45) is 11.3 Å². The second kappa shape index (κ2) is 16.5. The van der Waals surface area contributed by atoms with Gasteiger partial charge in [0.1, 0.15) is 17.9 Å². The van der Waals surface area contributed by atoms with Gasteiger partial charge in [0.15, 0.2) is 5.69 Å². The fourth-order valence-corrected chi connectivity index (χ4v) is 10.2. The normalized spacial score (nSPS) is 24.5. The van der Waals surface area contributed by atoms with E-state index in [1.54, 1.807) is 18.2 Å². The number of ether oxygens (including phenoxy) is 1. The Hall–Kier alpha value is -5.47. The molecule has 3 aromatic rings. The number of piperidine rings is 3. The number of nitriles is 1. The number of carbonyl (C=O) groups is 5. The molecular formula is C43H47BrN10O6. The molecule has 5 amide bonds. The molecule has 1 saturated carbocycles. The van der Waals surface area contributed by atoms with Gasteiger partial charge in [-0.3, -0.25) is 34.2 Å². The molecule has 0 bridgehead atoms. The molecule has 17 heteroatoms. The molecule has 1 atom stereocenters. The van der Waals surface area contributed by atoms with E-state index in [0.717, 1.165) is 114 Å². The maximum Gasteiger partial charge on any atom is 0.273 e. The van der Waals surface area contributed by atoms with Crippen LogP contribution < -0.4 is 25.2 Å². The lowest BCUT2D eigenvalue weighted by Gasteiger charge is -2.55. The van der Waals surface area contributed by atoms with Gasteiger partial charge in [-0.05, 0) is 129 Å². The summed E-state index contributed by atoms with van der Waals surface area (Å²) in [4.78, 5) is 76.1. The molecule has 9 rings (SSSR count). The van der Waals surface area contributed by atoms with Gasteiger partial charge < -0.3 is 24.8 Å². The van der Waals surface area contributed by atoms with E-state index in [1.807, 2.05) is 18.2 Å². The number of likely N-dealkylation sites (tertiary alicyclic amines) is 1. The summed E-state index contributed by atoms with van der Waals surface area (Å²) in [5.74, 6) is -0.356. The van der Waals surface area contributed by atoms with Crippen LogP contribution in [0.4, 0.5) is 11.6 Å². The van der Waals surface area contributed by atoms with Gasteiger partial charge in [0.25, 0.3) is 17.7 Å². The highest BCUT2D eigenvalue weighted by atomic mass is 79.9. The highest BCUT2D eigenvalue weighted by Gasteiger charge is 2.47. The summed E-state index contributed by atoms with van der Waals surface area (Å²) in [7, 11) is 0. The highest BCUT2D eigenvalue weighted by molar-refractivity contribution is 9.10. The Balaban J connectivity index is 0.683. The van der Waals surface area contributed by atoms with Crippen LogP contribution in [0.2, 0.25) is 0 Å². The van der Waals surface area contributed by atoms with Crippen molar-refractivity contribution < 1.29 is 28.7 Å². The molecule has 2 N–H and O–H groups in total. The molecule has 1 aliphatic carbocycles. The second-order valence-corrected chi connectivity index (χ2v) is 18.1. The van der Waals surface area contributed by atoms with Gasteiger partial charge in [-0.15, -0.1) is 10.2 Å². The van der Waals surface area contributed by atoms with Gasteiger partial charge in [0.05, 0.1) is 29.0 Å². The predicted molar refractivity (Wildman–Crippen MR) is 221 cm³/mol. The van der Waals surface area contributed by atoms with Gasteiger partial charge in [-0.25, -0.2) is 4.98 Å². The number of aromatic nitrogens is 3. The van der Waals surface area contributed by atoms with Crippen LogP contribution in [0.15, 0.2) is 47.1 Å². The maximum absolute atomic E-state index is 13.3. The van der Waals surface area contributed by atoms with E-state index in [0.29, 0.717) is 33.0 Å². The quantitative estimate of drug-likeness (QED) is 0.295. The van der Waals surface area contributed by atoms with Crippen molar-refractivity contribution in [3.05, 3.63) is 69.5 Å². The summed E-state index contributed by atoms with van der Waals surface area (Å²) in [5.41, 5.74) is 2.55. The fraction of sp³-hybridized carbons (Fsp3) is 0.512. The van der Waals surface area contributed by atoms with E-state index in [4.69, 9.17) is 10.00 Å². The molecule has 4 saturated heterocycles. The lowest BCUT2D eigenvalue weighted by Crippen LogP contribution is -2.60. The molecule has 0 radical (unpaired) electrons. The SMILES string of the molecule is N#Cc1ccc(OC2CCC(NC(=O)c3cnc(N4CCC(CN5CCC6(CC5)CN(c5ccc7c(c5)C(=O)N(C5CCC(=O)NC5=O)C7=O)C6)CC4)nn3)CC2)cc1Br. The van der Waals surface area contributed by atoms with Crippen LogP contribution >= 0.6 is 15.9 Å². The van der Waals surface area contributed by atoms with Crippen LogP contribution in [0.3, 0.4) is 0 Å². The average Bonchev–Trinajstić information content (AvgIpc) is 3.49. The van der Waals surface area contributed by atoms with Crippen LogP contribution in [0.5, 0.6) is 5.75 Å². The number of amides is 5. The number of imide groups is 2. The van der Waals surface area contributed by atoms with Crippen molar-refractivity contribution in [3.8, 4) is 11.8 Å². The zero-order valence-corrected chi connectivity index (χ0v) is 34.9. The first-order valence-electron chi connectivity index (χ1n) is 21.0. The highest BCUT2D eigenvalue weighted by Crippen LogP contribution is 2.44. The fourth-order valence-electron chi connectivity index (χ4n) is 9.76. The number of hydrogen-bond acceptors (Lipinski definition) is 13. The average molecular weight is 880 g/mol. The Morgan fingerprint density at radius 2 is 1.65 bits per heavy atom. The van der Waals surface area contributed by atoms with E-state index in [2.05, 4.69) is 62.5 Å². The molecule has 5 fully saturated rings. The number of benzene rings is 2. The Bertz CT molecular complexity index is 2230. The van der Waals surface area contributed by atoms with Crippen molar-refractivity contribution >= 4 is 57.1 Å². The summed E-state index contributed by atoms with van der Waals surface area (Å²) in [5, 5.41) is 23.1. The zero-order valence-electron chi connectivity index (χ0n) is 33.3. The minimum absolute atomic E-state index is 0.0277. The Morgan fingerprint density at radius 1 is 0.900 bits per heavy atom. The third-order valence-corrected chi connectivity index (χ3v) is 14.0. The van der Waals surface area contributed by atoms with Gasteiger partial charge in [-0.2, -0.15) is 5.26 Å². The summed E-state index contributed by atoms with van der Waals surface area (Å²) in [6.07, 6.45) is 9.31. The topological polar surface area (TPSA) is 194 Å². The number of hydrogen-bond donors (Lipinski definition) is 2. The van der Waals surface area contributed by atoms with E-state index < -0.39 is 23.8 Å². The van der Waals surface area contributed by atoms with E-state index in [-0.39, 0.29) is 47.9 Å². The molecule has 2 aromatic carbocycles. The lowest BCUT2D eigenvalue weighted by atomic mass is 9.71. The lowest BCUT2D eigenvalue weighted by molar-refractivity contribution is -0.136. The molecule has 60 heavy (non-hydrogen) atoms. The first-order chi connectivity index (χ1) is 29.0. The smallest absolute Gasteiger partial charge is 0.273 e. The second-order valence-electron chi connectivity index (χ2n) is 17.2. The van der Waals surface area contributed by atoms with Crippen molar-refractivity contribution in [1.82, 2.24) is 35.6 Å². The maximum atomic E-state index is 13.3. The molecule has 312 valence electrons. The number of anilines is 2. The van der Waals surface area contributed by atoms with Crippen LogP contribution in [0.1, 0.15) is 101 Å². The Kier molecular flexibility index (Phi) is 11.0. The van der Waals surface area contributed by atoms with Crippen LogP contribution in [-0.2, 0) is 9.59 Å². The van der Waals surface area contributed by atoms with Crippen molar-refractivity contribution in [2.75, 3.05) is 55.6 Å². The third-order valence-electron chi connectivity index (χ3n) is 13.3. The standard InChI is InChI=1S/C43H47BrN10O6/c44-34-20-31(5-1-27(34)21-45)60-30-6-2-28(3-7-30)47-38(56)35-22-46-42(50-49-35)52-15-11-26(12-16-52)23-51-17-13-43(14-18-51)24-53(25-43)29-4-8-32-33(19-29)41(59)54(40(32)58)36-9-10-37(55)48-39(36)57/h1,4-5,8,19-20,22,26,28,30,36H,2-3,6-7,9-18,23-25H2,(H,47,56)(H,48,55,57). The molecule has 6 aliphatic rings. The molecule has 5 aliphatic heterocycles. The molecular weight excluding hydrogens is 832 g/mol. The summed E-state index contributed by atoms with van der Waals surface area (Å²) < 4.78 is 6.84. The zero-order chi connectivity index (χ0) is 41.5. The van der Waals surface area contributed by atoms with Crippen molar-refractivity contribution in [3.63, 3.8) is 0 Å². The number of rotatable bonds is 9. The Labute approximate surface area is 356 Å². The molecule has 1 unspecified atom stereocenters. The van der Waals surface area contributed by atoms with Gasteiger partial charge in [0.2, 0.25) is 17.8 Å². The first kappa shape index (κ1) is 40.0. The molecule has 1 aromatic heterocycles. The summed E-state index contributed by atoms with van der Waals surface area (Å²) in [6.45, 7) is 6.66. The monoisotopic (exact) mass is 878 g/mol. The van der Waals surface area contributed by atoms with E-state index in [1.165, 1.54) is 6.20 Å². The molecule has 16 nitrogen and oxygen atoms in total. The van der Waals surface area contributed by atoms with Crippen LogP contribution in [0, 0.1) is 22.7 Å². The predicted octanol–water partition coefficient (Wildman–Crippen LogP) is 3.85. The number of fused-ring (bicyclic) bond motifs is 1. The summed E-state index contributed by atoms with van der Waals surface area (Å²) >= 11 is 3.41. The largest absolute Gasteiger partial charge is 0.490 e. The minimum atomic E-state index is -0.967. The number of carbonyl (C=O) groups excluding carboxylic acids is 5. The summed E-state index contributed by atoms with van der Waals surface area (Å²) in [6, 6.07) is 11.9. The molecule has 1 spiro atoms. The van der Waals surface area contributed by atoms with Gasteiger partial charge in [0, 0.05) is 60.8 Å². The number of halogens is 1. The van der Waals surface area contributed by atoms with Crippen molar-refractivity contribution in [1.29, 1.82) is 5.26 Å². The van der Waals surface area contributed by atoms with E-state index in [9.17, 15) is 24.0 Å².